The van der Waals surface area contributed by atoms with Crippen molar-refractivity contribution in [1.29, 1.82) is 0 Å². The number of likely N-dealkylation sites (tertiary alicyclic amines) is 1. The third kappa shape index (κ3) is 6.30. The van der Waals surface area contributed by atoms with Gasteiger partial charge in [-0.3, -0.25) is 4.79 Å². The van der Waals surface area contributed by atoms with Crippen LogP contribution in [-0.2, 0) is 11.4 Å². The number of aryl methyl sites for hydroxylation is 1. The van der Waals surface area contributed by atoms with E-state index in [1.807, 2.05) is 31.2 Å². The first-order valence-corrected chi connectivity index (χ1v) is 12.9. The van der Waals surface area contributed by atoms with Crippen molar-refractivity contribution in [2.24, 2.45) is 10.9 Å². The molecule has 1 aliphatic carbocycles. The SMILES string of the molecule is CC(=NOCc1ccc(C2CCCCC2)c(C)c1)c1ccc(C(=O)N2CCCC(N)(CO)C2)cc1. The lowest BCUT2D eigenvalue weighted by Crippen LogP contribution is -2.57. The summed E-state index contributed by atoms with van der Waals surface area (Å²) >= 11 is 0. The van der Waals surface area contributed by atoms with Gasteiger partial charge in [0.25, 0.3) is 5.91 Å². The zero-order chi connectivity index (χ0) is 24.8. The Bertz CT molecular complexity index is 1040. The molecular weight excluding hydrogens is 438 g/mol. The van der Waals surface area contributed by atoms with Crippen molar-refractivity contribution in [1.82, 2.24) is 4.90 Å². The lowest BCUT2D eigenvalue weighted by atomic mass is 9.82. The van der Waals surface area contributed by atoms with Crippen molar-refractivity contribution in [3.05, 3.63) is 70.3 Å². The van der Waals surface area contributed by atoms with E-state index >= 15 is 0 Å². The highest BCUT2D eigenvalue weighted by atomic mass is 16.6. The first-order chi connectivity index (χ1) is 16.9. The second kappa shape index (κ2) is 11.4. The molecule has 1 atom stereocenters. The first-order valence-electron chi connectivity index (χ1n) is 12.9. The Balaban J connectivity index is 1.33. The van der Waals surface area contributed by atoms with Crippen LogP contribution >= 0.6 is 0 Å². The number of aliphatic hydroxyl groups is 1. The van der Waals surface area contributed by atoms with E-state index in [0.717, 1.165) is 29.7 Å². The molecule has 35 heavy (non-hydrogen) atoms. The zero-order valence-electron chi connectivity index (χ0n) is 21.1. The third-order valence-corrected chi connectivity index (χ3v) is 7.57. The average Bonchev–Trinajstić information content (AvgIpc) is 2.89. The summed E-state index contributed by atoms with van der Waals surface area (Å²) in [6.07, 6.45) is 8.19. The lowest BCUT2D eigenvalue weighted by molar-refractivity contribution is 0.0559. The molecule has 0 aromatic heterocycles. The smallest absolute Gasteiger partial charge is 0.253 e. The van der Waals surface area contributed by atoms with E-state index < -0.39 is 5.54 Å². The molecule has 1 amide bonds. The molecule has 1 heterocycles. The van der Waals surface area contributed by atoms with E-state index in [9.17, 15) is 9.90 Å². The van der Waals surface area contributed by atoms with Gasteiger partial charge in [0.1, 0.15) is 6.61 Å². The number of hydrogen-bond acceptors (Lipinski definition) is 5. The maximum absolute atomic E-state index is 12.9. The Labute approximate surface area is 209 Å². The summed E-state index contributed by atoms with van der Waals surface area (Å²) in [5.41, 5.74) is 11.7. The maximum Gasteiger partial charge on any atom is 0.253 e. The van der Waals surface area contributed by atoms with Gasteiger partial charge < -0.3 is 20.6 Å². The Hall–Kier alpha value is -2.70. The van der Waals surface area contributed by atoms with Crippen LogP contribution in [0.3, 0.4) is 0 Å². The average molecular weight is 478 g/mol. The van der Waals surface area contributed by atoms with Crippen LogP contribution in [-0.4, -0.2) is 46.9 Å². The number of carbonyl (C=O) groups is 1. The summed E-state index contributed by atoms with van der Waals surface area (Å²) in [6.45, 7) is 5.46. The minimum absolute atomic E-state index is 0.0580. The number of piperidine rings is 1. The monoisotopic (exact) mass is 477 g/mol. The van der Waals surface area contributed by atoms with Gasteiger partial charge in [-0.25, -0.2) is 0 Å². The van der Waals surface area contributed by atoms with Crippen LogP contribution in [0.15, 0.2) is 47.6 Å². The molecule has 2 aromatic carbocycles. The number of rotatable bonds is 7. The van der Waals surface area contributed by atoms with Gasteiger partial charge in [0.05, 0.1) is 17.9 Å². The van der Waals surface area contributed by atoms with E-state index in [2.05, 4.69) is 30.3 Å². The molecule has 6 nitrogen and oxygen atoms in total. The van der Waals surface area contributed by atoms with Crippen LogP contribution in [0.2, 0.25) is 0 Å². The molecular formula is C29H39N3O3. The molecule has 2 fully saturated rings. The second-order valence-electron chi connectivity index (χ2n) is 10.4. The van der Waals surface area contributed by atoms with Gasteiger partial charge >= 0.3 is 0 Å². The third-order valence-electron chi connectivity index (χ3n) is 7.57. The quantitative estimate of drug-likeness (QED) is 0.438. The fourth-order valence-electron chi connectivity index (χ4n) is 5.45. The van der Waals surface area contributed by atoms with E-state index in [4.69, 9.17) is 10.6 Å². The fourth-order valence-corrected chi connectivity index (χ4v) is 5.45. The predicted octanol–water partition coefficient (Wildman–Crippen LogP) is 4.91. The number of hydrogen-bond donors (Lipinski definition) is 2. The summed E-state index contributed by atoms with van der Waals surface area (Å²) in [4.78, 5) is 20.3. The molecule has 6 heteroatoms. The van der Waals surface area contributed by atoms with Crippen LogP contribution in [0.4, 0.5) is 0 Å². The van der Waals surface area contributed by atoms with Crippen molar-refractivity contribution < 1.29 is 14.7 Å². The molecule has 4 rings (SSSR count). The summed E-state index contributed by atoms with van der Waals surface area (Å²) < 4.78 is 0. The van der Waals surface area contributed by atoms with Crippen LogP contribution < -0.4 is 5.73 Å². The highest BCUT2D eigenvalue weighted by molar-refractivity contribution is 6.00. The summed E-state index contributed by atoms with van der Waals surface area (Å²) in [6, 6.07) is 14.1. The summed E-state index contributed by atoms with van der Waals surface area (Å²) in [5, 5.41) is 13.9. The Morgan fingerprint density at radius 1 is 1.11 bits per heavy atom. The molecule has 1 saturated heterocycles. The number of oxime groups is 1. The van der Waals surface area contributed by atoms with Gasteiger partial charge in [0.15, 0.2) is 0 Å². The Morgan fingerprint density at radius 2 is 1.83 bits per heavy atom. The molecule has 2 aromatic rings. The molecule has 188 valence electrons. The molecule has 1 saturated carbocycles. The highest BCUT2D eigenvalue weighted by Gasteiger charge is 2.33. The van der Waals surface area contributed by atoms with Crippen LogP contribution in [0.25, 0.3) is 0 Å². The van der Waals surface area contributed by atoms with E-state index in [1.165, 1.54) is 43.2 Å². The first kappa shape index (κ1) is 25.4. The lowest BCUT2D eigenvalue weighted by Gasteiger charge is -2.39. The number of amides is 1. The maximum atomic E-state index is 12.9. The molecule has 1 aliphatic heterocycles. The van der Waals surface area contributed by atoms with Crippen LogP contribution in [0, 0.1) is 6.92 Å². The number of nitrogens with two attached hydrogens (primary N) is 1. The molecule has 0 spiro atoms. The number of aliphatic hydroxyl groups excluding tert-OH is 1. The largest absolute Gasteiger partial charge is 0.394 e. The van der Waals surface area contributed by atoms with E-state index in [-0.39, 0.29) is 12.5 Å². The molecule has 0 bridgehead atoms. The zero-order valence-corrected chi connectivity index (χ0v) is 21.1. The molecule has 1 unspecified atom stereocenters. The van der Waals surface area contributed by atoms with Gasteiger partial charge in [-0.1, -0.05) is 54.8 Å². The fraction of sp³-hybridized carbons (Fsp3) is 0.517. The number of carbonyl (C=O) groups excluding carboxylic acids is 1. The van der Waals surface area contributed by atoms with Crippen molar-refractivity contribution >= 4 is 11.6 Å². The van der Waals surface area contributed by atoms with Gasteiger partial charge in [0.2, 0.25) is 0 Å². The van der Waals surface area contributed by atoms with Crippen molar-refractivity contribution in [3.63, 3.8) is 0 Å². The van der Waals surface area contributed by atoms with Gasteiger partial charge in [0, 0.05) is 18.7 Å². The van der Waals surface area contributed by atoms with E-state index in [1.54, 1.807) is 4.90 Å². The Morgan fingerprint density at radius 3 is 2.51 bits per heavy atom. The van der Waals surface area contributed by atoms with Gasteiger partial charge in [-0.05, 0) is 79.8 Å². The van der Waals surface area contributed by atoms with Crippen molar-refractivity contribution in [2.75, 3.05) is 19.7 Å². The standard InChI is InChI=1S/C29H39N3O3/c1-21-17-23(9-14-27(21)25-7-4-3-5-8-25)18-35-31-22(2)24-10-12-26(13-11-24)28(34)32-16-6-15-29(30,19-32)20-33/h9-14,17,25,33H,3-8,15-16,18-20,30H2,1-2H3. The number of benzene rings is 2. The van der Waals surface area contributed by atoms with Gasteiger partial charge in [-0.15, -0.1) is 0 Å². The van der Waals surface area contributed by atoms with Crippen LogP contribution in [0.5, 0.6) is 0 Å². The normalized spacial score (nSPS) is 21.7. The Kier molecular flexibility index (Phi) is 8.24. The molecule has 3 N–H and O–H groups in total. The predicted molar refractivity (Wildman–Crippen MR) is 140 cm³/mol. The minimum Gasteiger partial charge on any atom is -0.394 e. The molecule has 0 radical (unpaired) electrons. The summed E-state index contributed by atoms with van der Waals surface area (Å²) in [5.74, 6) is 0.647. The van der Waals surface area contributed by atoms with Gasteiger partial charge in [-0.2, -0.15) is 0 Å². The van der Waals surface area contributed by atoms with Crippen LogP contribution in [0.1, 0.15) is 90.4 Å². The van der Waals surface area contributed by atoms with Crippen molar-refractivity contribution in [3.8, 4) is 0 Å². The highest BCUT2D eigenvalue weighted by Crippen LogP contribution is 2.34. The topological polar surface area (TPSA) is 88.2 Å². The minimum atomic E-state index is -0.705. The summed E-state index contributed by atoms with van der Waals surface area (Å²) in [7, 11) is 0. The molecule has 2 aliphatic rings. The van der Waals surface area contributed by atoms with Crippen molar-refractivity contribution in [2.45, 2.75) is 76.9 Å². The van der Waals surface area contributed by atoms with E-state index in [0.29, 0.717) is 31.2 Å². The second-order valence-corrected chi connectivity index (χ2v) is 10.4. The number of nitrogens with zero attached hydrogens (tertiary/aromatic N) is 2.